The van der Waals surface area contributed by atoms with Crippen LogP contribution in [0.3, 0.4) is 0 Å². The fraction of sp³-hybridized carbons (Fsp3) is 0.423. The molecule has 2 aromatic carbocycles. The lowest BCUT2D eigenvalue weighted by Crippen LogP contribution is -2.53. The summed E-state index contributed by atoms with van der Waals surface area (Å²) in [7, 11) is 1.30. The van der Waals surface area contributed by atoms with Gasteiger partial charge in [-0.2, -0.15) is 0 Å². The Morgan fingerprint density at radius 2 is 1.82 bits per heavy atom. The monoisotopic (exact) mass is 545 g/mol. The smallest absolute Gasteiger partial charge is 0.202 e. The van der Waals surface area contributed by atoms with Gasteiger partial charge < -0.3 is 50.6 Å². The van der Waals surface area contributed by atoms with Gasteiger partial charge in [-0.3, -0.25) is 14.4 Å². The van der Waals surface area contributed by atoms with Gasteiger partial charge in [0.2, 0.25) is 5.78 Å². The first-order valence-electron chi connectivity index (χ1n) is 12.1. The molecule has 1 fully saturated rings. The molecule has 0 spiro atoms. The maximum Gasteiger partial charge on any atom is 0.202 e. The van der Waals surface area contributed by atoms with Gasteiger partial charge in [0, 0.05) is 42.0 Å². The molecule has 0 saturated carbocycles. The van der Waals surface area contributed by atoms with Crippen molar-refractivity contribution in [3.05, 3.63) is 51.6 Å². The first-order chi connectivity index (χ1) is 18.4. The zero-order valence-corrected chi connectivity index (χ0v) is 20.7. The highest BCUT2D eigenvalue weighted by Crippen LogP contribution is 2.52. The van der Waals surface area contributed by atoms with Crippen LogP contribution in [0.1, 0.15) is 61.9 Å². The van der Waals surface area contributed by atoms with E-state index in [2.05, 4.69) is 0 Å². The topological polar surface area (TPSA) is 226 Å². The largest absolute Gasteiger partial charge is 0.507 e. The molecule has 13 heteroatoms. The molecule has 0 aromatic heterocycles. The summed E-state index contributed by atoms with van der Waals surface area (Å²) < 4.78 is 16.4. The van der Waals surface area contributed by atoms with Crippen LogP contribution in [-0.2, 0) is 20.7 Å². The summed E-state index contributed by atoms with van der Waals surface area (Å²) in [5.74, 6) is -4.04. The summed E-state index contributed by atoms with van der Waals surface area (Å²) in [6.07, 6.45) is -7.22. The Labute approximate surface area is 221 Å². The van der Waals surface area contributed by atoms with E-state index in [1.165, 1.54) is 25.3 Å². The predicted octanol–water partition coefficient (Wildman–Crippen LogP) is -1.07. The number of phenols is 2. The molecule has 1 aliphatic heterocycles. The molecule has 0 amide bonds. The van der Waals surface area contributed by atoms with Gasteiger partial charge in [0.15, 0.2) is 24.1 Å². The van der Waals surface area contributed by atoms with E-state index in [9.17, 15) is 45.0 Å². The van der Waals surface area contributed by atoms with Gasteiger partial charge >= 0.3 is 0 Å². The van der Waals surface area contributed by atoms with Crippen LogP contribution >= 0.6 is 0 Å². The molecule has 208 valence electrons. The van der Waals surface area contributed by atoms with E-state index in [0.29, 0.717) is 0 Å². The molecular weight excluding hydrogens is 518 g/mol. The third-order valence-corrected chi connectivity index (χ3v) is 7.54. The number of aromatic hydroxyl groups is 2. The van der Waals surface area contributed by atoms with Crippen LogP contribution in [0, 0.1) is 0 Å². The summed E-state index contributed by atoms with van der Waals surface area (Å²) in [6.45, 7) is -1.06. The number of ketones is 3. The first kappa shape index (κ1) is 27.1. The van der Waals surface area contributed by atoms with E-state index in [1.807, 2.05) is 0 Å². The maximum atomic E-state index is 13.6. The molecule has 5 rings (SSSR count). The second-order valence-corrected chi connectivity index (χ2v) is 9.85. The molecule has 4 unspecified atom stereocenters. The summed E-state index contributed by atoms with van der Waals surface area (Å²) in [6, 6.07) is 3.32. The highest BCUT2D eigenvalue weighted by molar-refractivity contribution is 6.31. The van der Waals surface area contributed by atoms with Gasteiger partial charge in [-0.25, -0.2) is 0 Å². The molecule has 1 heterocycles. The minimum absolute atomic E-state index is 0.0703. The average molecular weight is 545 g/mol. The number of hydrogen-bond donors (Lipinski definition) is 7. The first-order valence-corrected chi connectivity index (χ1v) is 12.1. The summed E-state index contributed by atoms with van der Waals surface area (Å²) in [5.41, 5.74) is 1.86. The van der Waals surface area contributed by atoms with E-state index >= 15 is 0 Å². The van der Waals surface area contributed by atoms with Gasteiger partial charge in [-0.05, 0) is 6.07 Å². The number of aliphatic hydroxyl groups excluding tert-OH is 3. The second kappa shape index (κ2) is 9.64. The lowest BCUT2D eigenvalue weighted by atomic mass is 9.72. The standard InChI is InChI=1S/C26H27NO12/c1-37-12-4-2-3-9-16(12)23(33)19-18(20(9)30)21(31)10-6-26(36,14(29)8-28)7-13(17(10)24(19)34)38-15-5-11(27)22(32)25(35)39-15/h2-4,11,13,15,22,25,28,31-32,34-36H,5-8,27H2,1H3/t11?,13-,15?,22?,25?,26-/m0/s1. The molecule has 6 atom stereocenters. The molecule has 2 aliphatic carbocycles. The van der Waals surface area contributed by atoms with Gasteiger partial charge in [0.05, 0.1) is 29.9 Å². The summed E-state index contributed by atoms with van der Waals surface area (Å²) >= 11 is 0. The lowest BCUT2D eigenvalue weighted by Gasteiger charge is -2.41. The molecule has 8 N–H and O–H groups in total. The number of Topliss-reactive ketones (excluding diaryl/α,β-unsaturated/α-hetero) is 1. The van der Waals surface area contributed by atoms with Crippen molar-refractivity contribution in [3.63, 3.8) is 0 Å². The number of carbonyl (C=O) groups is 3. The van der Waals surface area contributed by atoms with E-state index in [-0.39, 0.29) is 34.4 Å². The SMILES string of the molecule is COc1cccc2c1C(=O)c1c(O)c3c(c(O)c1C2=O)C[C@@](O)(C(=O)CO)C[C@@H]3OC1CC(N)C(O)C(O)O1. The number of methoxy groups -OCH3 is 1. The highest BCUT2D eigenvalue weighted by atomic mass is 16.7. The van der Waals surface area contributed by atoms with Gasteiger partial charge in [-0.1, -0.05) is 12.1 Å². The van der Waals surface area contributed by atoms with E-state index in [0.717, 1.165) is 0 Å². The normalized spacial score (nSPS) is 29.8. The van der Waals surface area contributed by atoms with Gasteiger partial charge in [0.1, 0.15) is 35.6 Å². The fourth-order valence-electron chi connectivity index (χ4n) is 5.53. The van der Waals surface area contributed by atoms with Crippen LogP contribution in [0.2, 0.25) is 0 Å². The molecule has 0 bridgehead atoms. The van der Waals surface area contributed by atoms with Crippen molar-refractivity contribution in [2.45, 2.75) is 55.7 Å². The van der Waals surface area contributed by atoms with Crippen LogP contribution in [0.5, 0.6) is 17.2 Å². The quantitative estimate of drug-likeness (QED) is 0.190. The number of rotatable bonds is 5. The highest BCUT2D eigenvalue weighted by Gasteiger charge is 2.50. The molecule has 39 heavy (non-hydrogen) atoms. The van der Waals surface area contributed by atoms with Gasteiger partial charge in [-0.15, -0.1) is 0 Å². The Hall–Kier alpha value is -3.43. The third-order valence-electron chi connectivity index (χ3n) is 7.54. The molecule has 3 aliphatic rings. The molecular formula is C26H27NO12. The minimum atomic E-state index is -2.30. The van der Waals surface area contributed by atoms with Crippen molar-refractivity contribution < 1.29 is 59.2 Å². The fourth-order valence-corrected chi connectivity index (χ4v) is 5.53. The average Bonchev–Trinajstić information content (AvgIpc) is 2.90. The number of nitrogens with two attached hydrogens (primary N) is 1. The summed E-state index contributed by atoms with van der Waals surface area (Å²) in [4.78, 5) is 39.6. The van der Waals surface area contributed by atoms with Crippen molar-refractivity contribution in [2.75, 3.05) is 13.7 Å². The second-order valence-electron chi connectivity index (χ2n) is 9.85. The van der Waals surface area contributed by atoms with Crippen molar-refractivity contribution in [1.29, 1.82) is 0 Å². The molecule has 2 aromatic rings. The molecule has 0 radical (unpaired) electrons. The number of hydrogen-bond acceptors (Lipinski definition) is 13. The zero-order chi connectivity index (χ0) is 28.4. The van der Waals surface area contributed by atoms with Crippen molar-refractivity contribution in [2.24, 2.45) is 5.73 Å². The number of phenolic OH excluding ortho intramolecular Hbond substituents is 2. The van der Waals surface area contributed by atoms with Crippen LogP contribution in [-0.4, -0.2) is 92.0 Å². The van der Waals surface area contributed by atoms with E-state index in [4.69, 9.17) is 19.9 Å². The minimum Gasteiger partial charge on any atom is -0.507 e. The number of carbonyl (C=O) groups excluding carboxylic acids is 3. The summed E-state index contributed by atoms with van der Waals surface area (Å²) in [5, 5.41) is 63.3. The van der Waals surface area contributed by atoms with Crippen LogP contribution < -0.4 is 10.5 Å². The third kappa shape index (κ3) is 4.10. The number of fused-ring (bicyclic) bond motifs is 3. The van der Waals surface area contributed by atoms with Crippen LogP contribution in [0.25, 0.3) is 0 Å². The predicted molar refractivity (Wildman–Crippen MR) is 128 cm³/mol. The van der Waals surface area contributed by atoms with Crippen molar-refractivity contribution in [1.82, 2.24) is 0 Å². The van der Waals surface area contributed by atoms with Gasteiger partial charge in [0.25, 0.3) is 0 Å². The Balaban J connectivity index is 1.69. The number of benzene rings is 2. The van der Waals surface area contributed by atoms with Crippen molar-refractivity contribution >= 4 is 17.3 Å². The number of ether oxygens (including phenoxy) is 3. The van der Waals surface area contributed by atoms with Crippen LogP contribution in [0.4, 0.5) is 0 Å². The molecule has 13 nitrogen and oxygen atoms in total. The zero-order valence-electron chi connectivity index (χ0n) is 20.7. The maximum absolute atomic E-state index is 13.6. The number of aliphatic hydroxyl groups is 4. The van der Waals surface area contributed by atoms with Crippen molar-refractivity contribution in [3.8, 4) is 17.2 Å². The Morgan fingerprint density at radius 1 is 1.13 bits per heavy atom. The molecule has 1 saturated heterocycles. The Bertz CT molecular complexity index is 1380. The Morgan fingerprint density at radius 3 is 2.46 bits per heavy atom. The van der Waals surface area contributed by atoms with Crippen LogP contribution in [0.15, 0.2) is 18.2 Å². The Kier molecular flexibility index (Phi) is 6.71. The lowest BCUT2D eigenvalue weighted by molar-refractivity contribution is -0.301. The van der Waals surface area contributed by atoms with E-state index < -0.39 is 95.9 Å². The van der Waals surface area contributed by atoms with E-state index in [1.54, 1.807) is 0 Å².